The molecule has 2 fully saturated rings. The minimum absolute atomic E-state index is 0.0586. The Labute approximate surface area is 74.6 Å². The van der Waals surface area contributed by atoms with Gasteiger partial charge in [-0.1, -0.05) is 0 Å². The van der Waals surface area contributed by atoms with Crippen molar-refractivity contribution >= 4 is 0 Å². The summed E-state index contributed by atoms with van der Waals surface area (Å²) < 4.78 is 0. The Kier molecular flexibility index (Phi) is 1.59. The fourth-order valence-corrected chi connectivity index (χ4v) is 2.12. The number of nitrogens with zero attached hydrogens (tertiary/aromatic N) is 1. The van der Waals surface area contributed by atoms with Crippen molar-refractivity contribution in [3.05, 3.63) is 0 Å². The fraction of sp³-hybridized carbons (Fsp3) is 1.00. The van der Waals surface area contributed by atoms with Crippen LogP contribution in [0.15, 0.2) is 0 Å². The lowest BCUT2D eigenvalue weighted by atomic mass is 10.0. The Bertz CT molecular complexity index is 191. The summed E-state index contributed by atoms with van der Waals surface area (Å²) in [6.07, 6.45) is 2.42. The van der Waals surface area contributed by atoms with Crippen LogP contribution in [-0.2, 0) is 0 Å². The molecule has 0 aromatic heterocycles. The Morgan fingerprint density at radius 2 is 1.92 bits per heavy atom. The average Bonchev–Trinajstić information content (AvgIpc) is 2.57. The largest absolute Gasteiger partial charge is 0.391 e. The predicted molar refractivity (Wildman–Crippen MR) is 49.0 cm³/mol. The van der Waals surface area contributed by atoms with E-state index >= 15 is 0 Å². The van der Waals surface area contributed by atoms with Crippen molar-refractivity contribution in [1.82, 2.24) is 4.90 Å². The number of hydrogen-bond acceptors (Lipinski definition) is 2. The smallest absolute Gasteiger partial charge is 0.0735 e. The first-order valence-electron chi connectivity index (χ1n) is 4.87. The average molecular weight is 169 g/mol. The van der Waals surface area contributed by atoms with Gasteiger partial charge in [-0.25, -0.2) is 0 Å². The van der Waals surface area contributed by atoms with Crippen LogP contribution in [0, 0.1) is 5.41 Å². The Morgan fingerprint density at radius 1 is 1.33 bits per heavy atom. The third-order valence-electron chi connectivity index (χ3n) is 3.45. The Morgan fingerprint density at radius 3 is 2.17 bits per heavy atom. The summed E-state index contributed by atoms with van der Waals surface area (Å²) in [5.41, 5.74) is 0.542. The molecular weight excluding hydrogens is 150 g/mol. The molecule has 2 nitrogen and oxygen atoms in total. The molecule has 1 spiro atoms. The van der Waals surface area contributed by atoms with Crippen molar-refractivity contribution in [3.8, 4) is 0 Å². The zero-order valence-corrected chi connectivity index (χ0v) is 8.30. The molecule has 1 aliphatic heterocycles. The molecular formula is C10H19NO. The van der Waals surface area contributed by atoms with Gasteiger partial charge < -0.3 is 5.11 Å². The molecule has 1 aliphatic carbocycles. The van der Waals surface area contributed by atoms with Gasteiger partial charge in [0.25, 0.3) is 0 Å². The van der Waals surface area contributed by atoms with E-state index in [1.807, 2.05) is 0 Å². The van der Waals surface area contributed by atoms with Crippen LogP contribution in [0.25, 0.3) is 0 Å². The van der Waals surface area contributed by atoms with E-state index in [2.05, 4.69) is 25.7 Å². The van der Waals surface area contributed by atoms with E-state index in [0.717, 1.165) is 13.1 Å². The summed E-state index contributed by atoms with van der Waals surface area (Å²) in [6.45, 7) is 8.66. The van der Waals surface area contributed by atoms with Crippen molar-refractivity contribution in [2.45, 2.75) is 45.3 Å². The zero-order valence-electron chi connectivity index (χ0n) is 8.30. The third-order valence-corrected chi connectivity index (χ3v) is 3.45. The molecule has 2 rings (SSSR count). The van der Waals surface area contributed by atoms with Gasteiger partial charge in [-0.15, -0.1) is 0 Å². The second-order valence-electron chi connectivity index (χ2n) is 5.43. The molecule has 1 saturated heterocycles. The second-order valence-corrected chi connectivity index (χ2v) is 5.43. The van der Waals surface area contributed by atoms with E-state index in [1.165, 1.54) is 12.8 Å². The number of β-amino-alcohol motifs (C(OH)–C–C–N with tert-alkyl or cyclic N) is 1. The van der Waals surface area contributed by atoms with Crippen LogP contribution < -0.4 is 0 Å². The fourth-order valence-electron chi connectivity index (χ4n) is 2.12. The van der Waals surface area contributed by atoms with E-state index in [1.54, 1.807) is 0 Å². The topological polar surface area (TPSA) is 23.5 Å². The van der Waals surface area contributed by atoms with Crippen LogP contribution in [-0.4, -0.2) is 34.7 Å². The van der Waals surface area contributed by atoms with Gasteiger partial charge >= 0.3 is 0 Å². The van der Waals surface area contributed by atoms with Crippen LogP contribution in [0.4, 0.5) is 0 Å². The van der Waals surface area contributed by atoms with E-state index in [-0.39, 0.29) is 11.6 Å². The standard InChI is InChI=1S/C10H19NO/c1-9(2,3)11-6-8(12)10(7-11)4-5-10/h8,12H,4-7H2,1-3H3. The van der Waals surface area contributed by atoms with Crippen LogP contribution in [0.3, 0.4) is 0 Å². The zero-order chi connectivity index (χ0) is 8.98. The van der Waals surface area contributed by atoms with Gasteiger partial charge in [0.2, 0.25) is 0 Å². The first kappa shape index (κ1) is 8.52. The van der Waals surface area contributed by atoms with Crippen molar-refractivity contribution in [1.29, 1.82) is 0 Å². The van der Waals surface area contributed by atoms with E-state index < -0.39 is 0 Å². The maximum Gasteiger partial charge on any atom is 0.0735 e. The van der Waals surface area contributed by atoms with Gasteiger partial charge in [-0.3, -0.25) is 4.90 Å². The molecule has 0 aromatic carbocycles. The van der Waals surface area contributed by atoms with Crippen LogP contribution in [0.5, 0.6) is 0 Å². The first-order chi connectivity index (χ1) is 5.44. The molecule has 2 aliphatic rings. The number of rotatable bonds is 0. The molecule has 1 heterocycles. The number of hydrogen-bond donors (Lipinski definition) is 1. The van der Waals surface area contributed by atoms with E-state index in [4.69, 9.17) is 0 Å². The highest BCUT2D eigenvalue weighted by Crippen LogP contribution is 2.53. The van der Waals surface area contributed by atoms with Crippen molar-refractivity contribution in [3.63, 3.8) is 0 Å². The predicted octanol–water partition coefficient (Wildman–Crippen LogP) is 1.24. The summed E-state index contributed by atoms with van der Waals surface area (Å²) in [5.74, 6) is 0. The van der Waals surface area contributed by atoms with Gasteiger partial charge in [0.05, 0.1) is 6.10 Å². The molecule has 2 heteroatoms. The number of aliphatic hydroxyl groups excluding tert-OH is 1. The summed E-state index contributed by atoms with van der Waals surface area (Å²) in [7, 11) is 0. The number of aliphatic hydroxyl groups is 1. The summed E-state index contributed by atoms with van der Waals surface area (Å²) in [6, 6.07) is 0. The van der Waals surface area contributed by atoms with Crippen molar-refractivity contribution < 1.29 is 5.11 Å². The van der Waals surface area contributed by atoms with Crippen LogP contribution >= 0.6 is 0 Å². The third kappa shape index (κ3) is 1.17. The molecule has 0 aromatic rings. The molecule has 1 atom stereocenters. The molecule has 0 amide bonds. The summed E-state index contributed by atoms with van der Waals surface area (Å²) >= 11 is 0. The SMILES string of the molecule is CC(C)(C)N1CC(O)C2(CC2)C1. The molecule has 1 unspecified atom stereocenters. The quantitative estimate of drug-likeness (QED) is 0.590. The molecule has 1 saturated carbocycles. The van der Waals surface area contributed by atoms with Gasteiger partial charge in [0, 0.05) is 24.0 Å². The first-order valence-corrected chi connectivity index (χ1v) is 4.87. The molecule has 12 heavy (non-hydrogen) atoms. The minimum Gasteiger partial charge on any atom is -0.391 e. The Hall–Kier alpha value is -0.0800. The van der Waals surface area contributed by atoms with Gasteiger partial charge in [0.15, 0.2) is 0 Å². The van der Waals surface area contributed by atoms with Crippen LogP contribution in [0.1, 0.15) is 33.6 Å². The lowest BCUT2D eigenvalue weighted by Gasteiger charge is -2.31. The minimum atomic E-state index is -0.0586. The highest BCUT2D eigenvalue weighted by atomic mass is 16.3. The summed E-state index contributed by atoms with van der Waals surface area (Å²) in [4.78, 5) is 2.41. The lowest BCUT2D eigenvalue weighted by molar-refractivity contribution is 0.117. The van der Waals surface area contributed by atoms with Gasteiger partial charge in [0.1, 0.15) is 0 Å². The molecule has 1 N–H and O–H groups in total. The molecule has 0 bridgehead atoms. The molecule has 70 valence electrons. The maximum absolute atomic E-state index is 9.81. The molecule has 0 radical (unpaired) electrons. The van der Waals surface area contributed by atoms with E-state index in [9.17, 15) is 5.11 Å². The summed E-state index contributed by atoms with van der Waals surface area (Å²) in [5, 5.41) is 9.81. The van der Waals surface area contributed by atoms with E-state index in [0.29, 0.717) is 5.41 Å². The van der Waals surface area contributed by atoms with Crippen molar-refractivity contribution in [2.75, 3.05) is 13.1 Å². The normalized spacial score (nSPS) is 34.5. The van der Waals surface area contributed by atoms with Crippen LogP contribution in [0.2, 0.25) is 0 Å². The second kappa shape index (κ2) is 2.24. The van der Waals surface area contributed by atoms with Gasteiger partial charge in [-0.05, 0) is 33.6 Å². The monoisotopic (exact) mass is 169 g/mol. The highest BCUT2D eigenvalue weighted by Gasteiger charge is 2.55. The lowest BCUT2D eigenvalue weighted by Crippen LogP contribution is -2.40. The van der Waals surface area contributed by atoms with Crippen molar-refractivity contribution in [2.24, 2.45) is 5.41 Å². The highest BCUT2D eigenvalue weighted by molar-refractivity contribution is 5.08. The maximum atomic E-state index is 9.81. The van der Waals surface area contributed by atoms with Gasteiger partial charge in [-0.2, -0.15) is 0 Å². The Balaban J connectivity index is 2.06. The number of likely N-dealkylation sites (tertiary alicyclic amines) is 1.